The van der Waals surface area contributed by atoms with Gasteiger partial charge in [-0.25, -0.2) is 4.79 Å². The number of esters is 1. The van der Waals surface area contributed by atoms with Crippen LogP contribution in [0, 0.1) is 13.8 Å². The number of aryl methyl sites for hydroxylation is 2. The summed E-state index contributed by atoms with van der Waals surface area (Å²) in [6.45, 7) is 4.38. The van der Waals surface area contributed by atoms with Gasteiger partial charge in [0.25, 0.3) is 5.91 Å². The van der Waals surface area contributed by atoms with Crippen molar-refractivity contribution in [3.8, 4) is 0 Å². The highest BCUT2D eigenvalue weighted by Crippen LogP contribution is 2.27. The molecule has 0 aliphatic carbocycles. The Kier molecular flexibility index (Phi) is 4.45. The Morgan fingerprint density at radius 3 is 2.55 bits per heavy atom. The van der Waals surface area contributed by atoms with E-state index in [-0.39, 0.29) is 18.0 Å². The molecular weight excluding hydrogens is 278 g/mol. The van der Waals surface area contributed by atoms with E-state index in [1.807, 2.05) is 19.9 Å². The number of ether oxygens (including phenoxy) is 2. The molecule has 1 saturated heterocycles. The number of hydrogen-bond acceptors (Lipinski definition) is 5. The van der Waals surface area contributed by atoms with Crippen molar-refractivity contribution in [1.82, 2.24) is 4.90 Å². The van der Waals surface area contributed by atoms with Crippen molar-refractivity contribution in [2.24, 2.45) is 0 Å². The van der Waals surface area contributed by atoms with E-state index in [2.05, 4.69) is 0 Å². The van der Waals surface area contributed by atoms with Gasteiger partial charge in [0.2, 0.25) is 0 Å². The SMILES string of the molecule is COC(=O)[C@@H]1C[C@@H](OC)CN1C(=O)c1cc(C)c(C)s1. The van der Waals surface area contributed by atoms with E-state index in [1.165, 1.54) is 18.4 Å². The lowest BCUT2D eigenvalue weighted by Crippen LogP contribution is -2.41. The molecule has 0 aromatic carbocycles. The maximum Gasteiger partial charge on any atom is 0.328 e. The van der Waals surface area contributed by atoms with Crippen LogP contribution in [-0.4, -0.2) is 49.7 Å². The third-order valence-corrected chi connectivity index (χ3v) is 4.85. The number of thiophene rings is 1. The minimum Gasteiger partial charge on any atom is -0.467 e. The van der Waals surface area contributed by atoms with Gasteiger partial charge < -0.3 is 14.4 Å². The number of carbonyl (C=O) groups is 2. The van der Waals surface area contributed by atoms with Crippen molar-refractivity contribution in [2.75, 3.05) is 20.8 Å². The van der Waals surface area contributed by atoms with Gasteiger partial charge in [-0.1, -0.05) is 0 Å². The Morgan fingerprint density at radius 1 is 1.35 bits per heavy atom. The minimum absolute atomic E-state index is 0.120. The molecule has 0 spiro atoms. The number of hydrogen-bond donors (Lipinski definition) is 0. The van der Waals surface area contributed by atoms with Crippen LogP contribution in [-0.2, 0) is 14.3 Å². The topological polar surface area (TPSA) is 55.8 Å². The summed E-state index contributed by atoms with van der Waals surface area (Å²) in [5.41, 5.74) is 1.09. The highest BCUT2D eigenvalue weighted by molar-refractivity contribution is 7.14. The van der Waals surface area contributed by atoms with E-state index >= 15 is 0 Å². The van der Waals surface area contributed by atoms with E-state index < -0.39 is 6.04 Å². The van der Waals surface area contributed by atoms with Crippen LogP contribution in [0.15, 0.2) is 6.07 Å². The fourth-order valence-corrected chi connectivity index (χ4v) is 3.36. The fraction of sp³-hybridized carbons (Fsp3) is 0.571. The highest BCUT2D eigenvalue weighted by atomic mass is 32.1. The minimum atomic E-state index is -0.555. The molecule has 1 amide bonds. The lowest BCUT2D eigenvalue weighted by molar-refractivity contribution is -0.145. The van der Waals surface area contributed by atoms with Gasteiger partial charge in [0.05, 0.1) is 18.1 Å². The first-order valence-corrected chi connectivity index (χ1v) is 7.28. The number of likely N-dealkylation sites (tertiary alicyclic amines) is 1. The van der Waals surface area contributed by atoms with Gasteiger partial charge in [0.1, 0.15) is 6.04 Å². The van der Waals surface area contributed by atoms with Gasteiger partial charge in [-0.05, 0) is 25.5 Å². The maximum atomic E-state index is 12.6. The first kappa shape index (κ1) is 15.0. The summed E-state index contributed by atoms with van der Waals surface area (Å²) in [4.78, 5) is 27.7. The Bertz CT molecular complexity index is 506. The van der Waals surface area contributed by atoms with Crippen LogP contribution in [0.3, 0.4) is 0 Å². The summed E-state index contributed by atoms with van der Waals surface area (Å²) in [5, 5.41) is 0. The Labute approximate surface area is 122 Å². The second-order valence-electron chi connectivity index (χ2n) is 4.94. The Balaban J connectivity index is 2.24. The predicted molar refractivity (Wildman–Crippen MR) is 76.0 cm³/mol. The first-order chi connectivity index (χ1) is 9.47. The summed E-state index contributed by atoms with van der Waals surface area (Å²) in [6.07, 6.45) is 0.364. The van der Waals surface area contributed by atoms with Gasteiger partial charge in [-0.2, -0.15) is 0 Å². The van der Waals surface area contributed by atoms with Gasteiger partial charge in [-0.15, -0.1) is 11.3 Å². The van der Waals surface area contributed by atoms with Gasteiger partial charge in [-0.3, -0.25) is 4.79 Å². The highest BCUT2D eigenvalue weighted by Gasteiger charge is 2.41. The van der Waals surface area contributed by atoms with Crippen LogP contribution < -0.4 is 0 Å². The van der Waals surface area contributed by atoms with E-state index in [0.29, 0.717) is 17.8 Å². The third-order valence-electron chi connectivity index (χ3n) is 3.71. The zero-order valence-electron chi connectivity index (χ0n) is 12.1. The van der Waals surface area contributed by atoms with Gasteiger partial charge in [0.15, 0.2) is 0 Å². The molecule has 2 heterocycles. The molecule has 0 unspecified atom stereocenters. The van der Waals surface area contributed by atoms with E-state index in [1.54, 1.807) is 12.0 Å². The summed E-state index contributed by atoms with van der Waals surface area (Å²) in [6, 6.07) is 1.32. The lowest BCUT2D eigenvalue weighted by Gasteiger charge is -2.21. The largest absolute Gasteiger partial charge is 0.467 e. The average molecular weight is 297 g/mol. The smallest absolute Gasteiger partial charge is 0.328 e. The van der Waals surface area contributed by atoms with Crippen molar-refractivity contribution < 1.29 is 19.1 Å². The van der Waals surface area contributed by atoms with Crippen LogP contribution >= 0.6 is 11.3 Å². The van der Waals surface area contributed by atoms with Crippen molar-refractivity contribution >= 4 is 23.2 Å². The first-order valence-electron chi connectivity index (χ1n) is 6.46. The van der Waals surface area contributed by atoms with Crippen LogP contribution in [0.4, 0.5) is 0 Å². The van der Waals surface area contributed by atoms with Gasteiger partial charge >= 0.3 is 5.97 Å². The van der Waals surface area contributed by atoms with Crippen molar-refractivity contribution in [1.29, 1.82) is 0 Å². The number of carbonyl (C=O) groups excluding carboxylic acids is 2. The second-order valence-corrected chi connectivity index (χ2v) is 6.20. The van der Waals surface area contributed by atoms with Gasteiger partial charge in [0, 0.05) is 25.0 Å². The molecular formula is C14H19NO4S. The Morgan fingerprint density at radius 2 is 2.05 bits per heavy atom. The van der Waals surface area contributed by atoms with E-state index in [9.17, 15) is 9.59 Å². The molecule has 0 bridgehead atoms. The molecule has 0 N–H and O–H groups in total. The molecule has 6 heteroatoms. The third kappa shape index (κ3) is 2.71. The molecule has 1 fully saturated rings. The van der Waals surface area contributed by atoms with Crippen molar-refractivity contribution in [2.45, 2.75) is 32.4 Å². The molecule has 1 aromatic heterocycles. The number of amides is 1. The molecule has 1 aliphatic rings. The molecule has 20 heavy (non-hydrogen) atoms. The van der Waals surface area contributed by atoms with Crippen LogP contribution in [0.25, 0.3) is 0 Å². The molecule has 2 rings (SSSR count). The summed E-state index contributed by atoms with van der Waals surface area (Å²) < 4.78 is 10.1. The predicted octanol–water partition coefficient (Wildman–Crippen LogP) is 1.77. The molecule has 0 saturated carbocycles. The monoisotopic (exact) mass is 297 g/mol. The Hall–Kier alpha value is -1.40. The normalized spacial score (nSPS) is 22.1. The van der Waals surface area contributed by atoms with Crippen LogP contribution in [0.5, 0.6) is 0 Å². The quantitative estimate of drug-likeness (QED) is 0.798. The standard InChI is InChI=1S/C14H19NO4S/c1-8-5-12(20-9(8)2)13(16)15-7-10(18-3)6-11(15)14(17)19-4/h5,10-11H,6-7H2,1-4H3/t10-,11+/m1/s1. The zero-order valence-corrected chi connectivity index (χ0v) is 13.0. The summed E-state index contributed by atoms with van der Waals surface area (Å²) >= 11 is 1.46. The van der Waals surface area contributed by atoms with E-state index in [4.69, 9.17) is 9.47 Å². The molecule has 0 radical (unpaired) electrons. The van der Waals surface area contributed by atoms with Crippen molar-refractivity contribution in [3.63, 3.8) is 0 Å². The fourth-order valence-electron chi connectivity index (χ4n) is 2.37. The number of rotatable bonds is 3. The summed E-state index contributed by atoms with van der Waals surface area (Å²) in [5.74, 6) is -0.510. The number of nitrogens with zero attached hydrogens (tertiary/aromatic N) is 1. The lowest BCUT2D eigenvalue weighted by atomic mass is 10.2. The van der Waals surface area contributed by atoms with Crippen molar-refractivity contribution in [3.05, 3.63) is 21.4 Å². The maximum absolute atomic E-state index is 12.6. The summed E-state index contributed by atoms with van der Waals surface area (Å²) in [7, 11) is 2.93. The second kappa shape index (κ2) is 5.93. The zero-order chi connectivity index (χ0) is 14.9. The molecule has 1 aromatic rings. The average Bonchev–Trinajstić information content (AvgIpc) is 3.01. The molecule has 1 aliphatic heterocycles. The number of methoxy groups -OCH3 is 2. The molecule has 110 valence electrons. The van der Waals surface area contributed by atoms with Crippen LogP contribution in [0.1, 0.15) is 26.5 Å². The van der Waals surface area contributed by atoms with Crippen LogP contribution in [0.2, 0.25) is 0 Å². The molecule has 5 nitrogen and oxygen atoms in total. The molecule has 2 atom stereocenters. The van der Waals surface area contributed by atoms with E-state index in [0.717, 1.165) is 10.4 Å².